The Bertz CT molecular complexity index is 1350. The van der Waals surface area contributed by atoms with Crippen molar-refractivity contribution < 1.29 is 19.1 Å². The summed E-state index contributed by atoms with van der Waals surface area (Å²) in [5.74, 6) is 1.73. The SMILES string of the molecule is CCCOc1ccc([C@H]2CN3C(=O)CN(CCC(C)C)C(=O)[C@]3(C)c3[nH]c4ccccc4c32)cc1OCC. The van der Waals surface area contributed by atoms with Crippen LogP contribution in [-0.2, 0) is 15.1 Å². The summed E-state index contributed by atoms with van der Waals surface area (Å²) in [6.07, 6.45) is 1.77. The number of ether oxygens (including phenoxy) is 2. The summed E-state index contributed by atoms with van der Waals surface area (Å²) >= 11 is 0. The average molecular weight is 518 g/mol. The minimum atomic E-state index is -1.08. The molecule has 2 aliphatic heterocycles. The molecule has 0 bridgehead atoms. The third-order valence-electron chi connectivity index (χ3n) is 7.93. The van der Waals surface area contributed by atoms with Gasteiger partial charge < -0.3 is 24.3 Å². The van der Waals surface area contributed by atoms with Gasteiger partial charge in [0.2, 0.25) is 5.91 Å². The zero-order valence-electron chi connectivity index (χ0n) is 23.2. The fourth-order valence-corrected chi connectivity index (χ4v) is 5.91. The second kappa shape index (κ2) is 10.4. The van der Waals surface area contributed by atoms with E-state index in [-0.39, 0.29) is 24.3 Å². The van der Waals surface area contributed by atoms with Crippen LogP contribution in [0.1, 0.15) is 70.2 Å². The number of nitrogens with zero attached hydrogens (tertiary/aromatic N) is 2. The van der Waals surface area contributed by atoms with Gasteiger partial charge in [0.05, 0.1) is 25.5 Å². The number of aromatic nitrogens is 1. The van der Waals surface area contributed by atoms with Crippen molar-refractivity contribution in [3.63, 3.8) is 0 Å². The highest BCUT2D eigenvalue weighted by atomic mass is 16.5. The number of H-pyrrole nitrogens is 1. The van der Waals surface area contributed by atoms with Crippen LogP contribution in [0.25, 0.3) is 10.9 Å². The highest BCUT2D eigenvalue weighted by Gasteiger charge is 2.56. The Kier molecular flexibility index (Phi) is 7.12. The highest BCUT2D eigenvalue weighted by molar-refractivity contribution is 6.01. The first-order valence-electron chi connectivity index (χ1n) is 13.9. The van der Waals surface area contributed by atoms with Crippen molar-refractivity contribution in [2.24, 2.45) is 5.92 Å². The molecule has 3 heterocycles. The van der Waals surface area contributed by atoms with E-state index in [1.54, 1.807) is 9.80 Å². The summed E-state index contributed by atoms with van der Waals surface area (Å²) in [7, 11) is 0. The monoisotopic (exact) mass is 517 g/mol. The van der Waals surface area contributed by atoms with Crippen LogP contribution < -0.4 is 9.47 Å². The summed E-state index contributed by atoms with van der Waals surface area (Å²) in [5.41, 5.74) is 2.82. The molecular weight excluding hydrogens is 478 g/mol. The number of amides is 2. The average Bonchev–Trinajstić information content (AvgIpc) is 3.30. The number of hydrogen-bond acceptors (Lipinski definition) is 4. The fraction of sp³-hybridized carbons (Fsp3) is 0.484. The predicted octanol–water partition coefficient (Wildman–Crippen LogP) is 5.43. The van der Waals surface area contributed by atoms with E-state index in [1.165, 1.54) is 0 Å². The molecule has 0 unspecified atom stereocenters. The second-order valence-electron chi connectivity index (χ2n) is 11.0. The summed E-state index contributed by atoms with van der Waals surface area (Å²) < 4.78 is 11.9. The molecule has 7 nitrogen and oxygen atoms in total. The maximum absolute atomic E-state index is 14.1. The van der Waals surface area contributed by atoms with Crippen molar-refractivity contribution in [1.82, 2.24) is 14.8 Å². The van der Waals surface area contributed by atoms with Gasteiger partial charge in [-0.3, -0.25) is 9.59 Å². The zero-order valence-corrected chi connectivity index (χ0v) is 23.2. The number of piperazine rings is 1. The van der Waals surface area contributed by atoms with E-state index in [2.05, 4.69) is 37.9 Å². The molecule has 7 heteroatoms. The Hall–Kier alpha value is -3.48. The maximum Gasteiger partial charge on any atom is 0.254 e. The fourth-order valence-electron chi connectivity index (χ4n) is 5.91. The smallest absolute Gasteiger partial charge is 0.254 e. The number of hydrogen-bond donors (Lipinski definition) is 1. The van der Waals surface area contributed by atoms with Crippen LogP contribution in [0.2, 0.25) is 0 Å². The van der Waals surface area contributed by atoms with Crippen LogP contribution in [0.15, 0.2) is 42.5 Å². The first kappa shape index (κ1) is 26.1. The lowest BCUT2D eigenvalue weighted by atomic mass is 9.76. The lowest BCUT2D eigenvalue weighted by molar-refractivity contribution is -0.166. The van der Waals surface area contributed by atoms with Crippen molar-refractivity contribution >= 4 is 22.7 Å². The summed E-state index contributed by atoms with van der Waals surface area (Å²) in [6, 6.07) is 14.2. The molecule has 38 heavy (non-hydrogen) atoms. The van der Waals surface area contributed by atoms with Crippen LogP contribution >= 0.6 is 0 Å². The van der Waals surface area contributed by atoms with E-state index in [4.69, 9.17) is 9.47 Å². The summed E-state index contributed by atoms with van der Waals surface area (Å²) in [5, 5.41) is 1.08. The van der Waals surface area contributed by atoms with Gasteiger partial charge in [-0.1, -0.05) is 45.0 Å². The molecule has 0 saturated carbocycles. The second-order valence-corrected chi connectivity index (χ2v) is 11.0. The molecule has 1 saturated heterocycles. The largest absolute Gasteiger partial charge is 0.490 e. The molecule has 2 aromatic carbocycles. The molecule has 202 valence electrons. The first-order chi connectivity index (χ1) is 18.3. The zero-order chi connectivity index (χ0) is 27.0. The van der Waals surface area contributed by atoms with Crippen LogP contribution in [0.3, 0.4) is 0 Å². The van der Waals surface area contributed by atoms with Gasteiger partial charge in [-0.15, -0.1) is 0 Å². The van der Waals surface area contributed by atoms with Crippen molar-refractivity contribution in [1.29, 1.82) is 0 Å². The lowest BCUT2D eigenvalue weighted by Crippen LogP contribution is -2.67. The van der Waals surface area contributed by atoms with E-state index >= 15 is 0 Å². The molecule has 2 aliphatic rings. The number of nitrogens with one attached hydrogen (secondary N) is 1. The highest BCUT2D eigenvalue weighted by Crippen LogP contribution is 2.49. The van der Waals surface area contributed by atoms with Crippen molar-refractivity contribution in [3.05, 3.63) is 59.3 Å². The molecule has 1 aromatic heterocycles. The standard InChI is InChI=1S/C31H39N3O4/c1-6-16-38-25-13-12-21(17-26(25)37-7-2)23-18-34-27(35)19-33(15-14-20(3)4)30(36)31(34,5)29-28(23)22-10-8-9-11-24(22)32-29/h8-13,17,20,23,32H,6-7,14-16,18-19H2,1-5H3/t23-,31+/m1/s1. The Labute approximate surface area is 225 Å². The lowest BCUT2D eigenvalue weighted by Gasteiger charge is -2.51. The Balaban J connectivity index is 1.64. The number of carbonyl (C=O) groups is 2. The van der Waals surface area contributed by atoms with E-state index < -0.39 is 5.54 Å². The van der Waals surface area contributed by atoms with Crippen LogP contribution in [0, 0.1) is 5.92 Å². The number of carbonyl (C=O) groups excluding carboxylic acids is 2. The van der Waals surface area contributed by atoms with Crippen LogP contribution in [0.5, 0.6) is 11.5 Å². The van der Waals surface area contributed by atoms with E-state index in [1.807, 2.05) is 44.2 Å². The molecule has 5 rings (SSSR count). The van der Waals surface area contributed by atoms with Crippen molar-refractivity contribution in [2.45, 2.75) is 58.9 Å². The molecule has 2 atom stereocenters. The molecule has 3 aromatic rings. The van der Waals surface area contributed by atoms with Crippen molar-refractivity contribution in [2.75, 3.05) is 32.8 Å². The summed E-state index contributed by atoms with van der Waals surface area (Å²) in [6.45, 7) is 12.5. The number of aromatic amines is 1. The van der Waals surface area contributed by atoms with Crippen molar-refractivity contribution in [3.8, 4) is 11.5 Å². The van der Waals surface area contributed by atoms with Crippen LogP contribution in [-0.4, -0.2) is 59.4 Å². The maximum atomic E-state index is 14.1. The van der Waals surface area contributed by atoms with Gasteiger partial charge in [-0.05, 0) is 61.9 Å². The first-order valence-corrected chi connectivity index (χ1v) is 13.9. The molecule has 1 N–H and O–H groups in total. The number of para-hydroxylation sites is 1. The van der Waals surface area contributed by atoms with E-state index in [0.717, 1.165) is 46.3 Å². The normalized spacial score (nSPS) is 21.2. The number of benzene rings is 2. The minimum absolute atomic E-state index is 0.0117. The van der Waals surface area contributed by atoms with Gasteiger partial charge >= 0.3 is 0 Å². The van der Waals surface area contributed by atoms with Gasteiger partial charge in [0.15, 0.2) is 17.0 Å². The van der Waals surface area contributed by atoms with Gasteiger partial charge in [-0.25, -0.2) is 0 Å². The number of fused-ring (bicyclic) bond motifs is 5. The molecule has 0 aliphatic carbocycles. The molecular formula is C31H39N3O4. The molecule has 0 radical (unpaired) electrons. The summed E-state index contributed by atoms with van der Waals surface area (Å²) in [4.78, 5) is 34.9. The molecule has 0 spiro atoms. The van der Waals surface area contributed by atoms with Gasteiger partial charge in [0.25, 0.3) is 5.91 Å². The Morgan fingerprint density at radius 3 is 2.61 bits per heavy atom. The molecule has 1 fully saturated rings. The quantitative estimate of drug-likeness (QED) is 0.411. The van der Waals surface area contributed by atoms with Gasteiger partial charge in [0.1, 0.15) is 0 Å². The Morgan fingerprint density at radius 1 is 1.08 bits per heavy atom. The topological polar surface area (TPSA) is 74.9 Å². The minimum Gasteiger partial charge on any atom is -0.490 e. The van der Waals surface area contributed by atoms with E-state index in [9.17, 15) is 9.59 Å². The third kappa shape index (κ3) is 4.32. The van der Waals surface area contributed by atoms with Crippen LogP contribution in [0.4, 0.5) is 0 Å². The van der Waals surface area contributed by atoms with Gasteiger partial charge in [0, 0.05) is 29.9 Å². The van der Waals surface area contributed by atoms with E-state index in [0.29, 0.717) is 38.0 Å². The van der Waals surface area contributed by atoms with Gasteiger partial charge in [-0.2, -0.15) is 0 Å². The molecule has 2 amide bonds. The predicted molar refractivity (Wildman–Crippen MR) is 149 cm³/mol. The Morgan fingerprint density at radius 2 is 1.87 bits per heavy atom. The number of rotatable bonds is 9. The third-order valence-corrected chi connectivity index (χ3v) is 7.93.